The quantitative estimate of drug-likeness (QED) is 0.568. The van der Waals surface area contributed by atoms with Crippen molar-refractivity contribution in [3.8, 4) is 11.5 Å². The summed E-state index contributed by atoms with van der Waals surface area (Å²) < 4.78 is 52.2. The van der Waals surface area contributed by atoms with Crippen LogP contribution in [0.1, 0.15) is 11.1 Å². The summed E-state index contributed by atoms with van der Waals surface area (Å²) in [6.07, 6.45) is 0. The Bertz CT molecular complexity index is 1100. The highest BCUT2D eigenvalue weighted by molar-refractivity contribution is 7.92. The van der Waals surface area contributed by atoms with Gasteiger partial charge in [0.2, 0.25) is 0 Å². The molecule has 0 aromatic heterocycles. The Morgan fingerprint density at radius 2 is 1.59 bits per heavy atom. The molecular formula is C22H22FNO4S. The van der Waals surface area contributed by atoms with Gasteiger partial charge in [-0.25, -0.2) is 12.8 Å². The smallest absolute Gasteiger partial charge is 0.264 e. The van der Waals surface area contributed by atoms with Crippen molar-refractivity contribution < 1.29 is 22.3 Å². The molecule has 0 bridgehead atoms. The van der Waals surface area contributed by atoms with Gasteiger partial charge < -0.3 is 9.47 Å². The van der Waals surface area contributed by atoms with Crippen LogP contribution in [0.4, 0.5) is 10.1 Å². The molecule has 0 unspecified atom stereocenters. The number of hydrogen-bond acceptors (Lipinski definition) is 4. The number of halogens is 1. The van der Waals surface area contributed by atoms with Gasteiger partial charge in [-0.05, 0) is 54.4 Å². The van der Waals surface area contributed by atoms with Crippen LogP contribution in [0, 0.1) is 12.7 Å². The van der Waals surface area contributed by atoms with Crippen molar-refractivity contribution in [3.05, 3.63) is 83.7 Å². The van der Waals surface area contributed by atoms with E-state index in [0.717, 1.165) is 5.56 Å². The van der Waals surface area contributed by atoms with Gasteiger partial charge in [-0.3, -0.25) is 4.31 Å². The molecule has 0 saturated heterocycles. The Kier molecular flexibility index (Phi) is 6.08. The molecule has 0 amide bonds. The number of ether oxygens (including phenoxy) is 2. The fraction of sp³-hybridized carbons (Fsp3) is 0.182. The zero-order valence-corrected chi connectivity index (χ0v) is 17.2. The summed E-state index contributed by atoms with van der Waals surface area (Å²) in [5.41, 5.74) is 1.89. The highest BCUT2D eigenvalue weighted by atomic mass is 32.2. The van der Waals surface area contributed by atoms with E-state index in [1.165, 1.54) is 30.7 Å². The molecule has 152 valence electrons. The number of methoxy groups -OCH3 is 2. The number of aryl methyl sites for hydroxylation is 1. The van der Waals surface area contributed by atoms with E-state index in [1.807, 2.05) is 13.0 Å². The van der Waals surface area contributed by atoms with E-state index in [4.69, 9.17) is 9.47 Å². The summed E-state index contributed by atoms with van der Waals surface area (Å²) in [4.78, 5) is 0.175. The lowest BCUT2D eigenvalue weighted by atomic mass is 10.2. The van der Waals surface area contributed by atoms with Gasteiger partial charge in [0.25, 0.3) is 10.0 Å². The molecular weight excluding hydrogens is 393 g/mol. The van der Waals surface area contributed by atoms with Crippen LogP contribution in [-0.4, -0.2) is 22.6 Å². The molecule has 3 aromatic rings. The summed E-state index contributed by atoms with van der Waals surface area (Å²) in [7, 11) is -0.888. The van der Waals surface area contributed by atoms with Crippen LogP contribution in [0.15, 0.2) is 71.6 Å². The first-order valence-electron chi connectivity index (χ1n) is 8.91. The second kappa shape index (κ2) is 8.53. The average Bonchev–Trinajstić information content (AvgIpc) is 2.72. The topological polar surface area (TPSA) is 55.8 Å². The van der Waals surface area contributed by atoms with E-state index < -0.39 is 10.0 Å². The molecule has 0 radical (unpaired) electrons. The van der Waals surface area contributed by atoms with Gasteiger partial charge in [0.15, 0.2) is 11.5 Å². The predicted molar refractivity (Wildman–Crippen MR) is 110 cm³/mol. The SMILES string of the molecule is COc1ccc(N(Cc2ccc(F)cc2)S(=O)(=O)c2cccc(C)c2)cc1OC. The molecule has 0 fully saturated rings. The van der Waals surface area contributed by atoms with Crippen molar-refractivity contribution in [1.82, 2.24) is 0 Å². The molecule has 3 aromatic carbocycles. The lowest BCUT2D eigenvalue weighted by Crippen LogP contribution is -2.30. The molecule has 0 spiro atoms. The van der Waals surface area contributed by atoms with Crippen molar-refractivity contribution in [2.75, 3.05) is 18.5 Å². The first-order valence-corrected chi connectivity index (χ1v) is 10.3. The molecule has 0 aliphatic heterocycles. The predicted octanol–water partition coefficient (Wildman–Crippen LogP) is 4.55. The fourth-order valence-electron chi connectivity index (χ4n) is 2.95. The molecule has 7 heteroatoms. The Morgan fingerprint density at radius 1 is 0.897 bits per heavy atom. The van der Waals surface area contributed by atoms with Gasteiger partial charge in [-0.1, -0.05) is 24.3 Å². The lowest BCUT2D eigenvalue weighted by molar-refractivity contribution is 0.355. The van der Waals surface area contributed by atoms with Crippen LogP contribution < -0.4 is 13.8 Å². The summed E-state index contributed by atoms with van der Waals surface area (Å²) in [6.45, 7) is 1.87. The van der Waals surface area contributed by atoms with Crippen LogP contribution in [0.25, 0.3) is 0 Å². The van der Waals surface area contributed by atoms with E-state index in [0.29, 0.717) is 22.7 Å². The minimum absolute atomic E-state index is 0.0338. The molecule has 0 heterocycles. The highest BCUT2D eigenvalue weighted by Crippen LogP contribution is 2.34. The van der Waals surface area contributed by atoms with Gasteiger partial charge in [0, 0.05) is 6.07 Å². The lowest BCUT2D eigenvalue weighted by Gasteiger charge is -2.25. The third-order valence-electron chi connectivity index (χ3n) is 4.47. The van der Waals surface area contributed by atoms with Crippen molar-refractivity contribution in [3.63, 3.8) is 0 Å². The minimum atomic E-state index is -3.89. The number of rotatable bonds is 7. The van der Waals surface area contributed by atoms with Gasteiger partial charge in [-0.2, -0.15) is 0 Å². The average molecular weight is 415 g/mol. The third kappa shape index (κ3) is 4.51. The third-order valence-corrected chi connectivity index (χ3v) is 6.24. The van der Waals surface area contributed by atoms with Gasteiger partial charge >= 0.3 is 0 Å². The largest absolute Gasteiger partial charge is 0.493 e. The van der Waals surface area contributed by atoms with Crippen LogP contribution in [-0.2, 0) is 16.6 Å². The maximum Gasteiger partial charge on any atom is 0.264 e. The number of benzene rings is 3. The first kappa shape index (κ1) is 20.7. The molecule has 0 aliphatic carbocycles. The van der Waals surface area contributed by atoms with E-state index in [2.05, 4.69) is 0 Å². The van der Waals surface area contributed by atoms with Crippen molar-refractivity contribution in [1.29, 1.82) is 0 Å². The summed E-state index contributed by atoms with van der Waals surface area (Å²) in [6, 6.07) is 17.4. The molecule has 5 nitrogen and oxygen atoms in total. The Morgan fingerprint density at radius 3 is 2.21 bits per heavy atom. The normalized spacial score (nSPS) is 11.2. The molecule has 0 atom stereocenters. The summed E-state index contributed by atoms with van der Waals surface area (Å²) >= 11 is 0. The number of sulfonamides is 1. The minimum Gasteiger partial charge on any atom is -0.493 e. The van der Waals surface area contributed by atoms with E-state index in [9.17, 15) is 12.8 Å². The molecule has 29 heavy (non-hydrogen) atoms. The zero-order chi connectivity index (χ0) is 21.0. The first-order chi connectivity index (χ1) is 13.8. The molecule has 0 aliphatic rings. The van der Waals surface area contributed by atoms with Crippen LogP contribution in [0.2, 0.25) is 0 Å². The second-order valence-corrected chi connectivity index (χ2v) is 8.36. The summed E-state index contributed by atoms with van der Waals surface area (Å²) in [5, 5.41) is 0. The van der Waals surface area contributed by atoms with Crippen molar-refractivity contribution in [2.24, 2.45) is 0 Å². The number of anilines is 1. The van der Waals surface area contributed by atoms with Crippen molar-refractivity contribution in [2.45, 2.75) is 18.4 Å². The van der Waals surface area contributed by atoms with Crippen LogP contribution in [0.5, 0.6) is 11.5 Å². The Balaban J connectivity index is 2.12. The van der Waals surface area contributed by atoms with E-state index in [1.54, 1.807) is 48.5 Å². The highest BCUT2D eigenvalue weighted by Gasteiger charge is 2.26. The maximum atomic E-state index is 13.5. The number of hydrogen-bond donors (Lipinski definition) is 0. The standard InChI is InChI=1S/C22H22FNO4S/c1-16-5-4-6-20(13-16)29(25,26)24(15-17-7-9-18(23)10-8-17)19-11-12-21(27-2)22(14-19)28-3/h4-14H,15H2,1-3H3. The second-order valence-electron chi connectivity index (χ2n) is 6.49. The van der Waals surface area contributed by atoms with Gasteiger partial charge in [0.05, 0.1) is 31.3 Å². The number of nitrogens with zero attached hydrogens (tertiary/aromatic N) is 1. The zero-order valence-electron chi connectivity index (χ0n) is 16.4. The fourth-order valence-corrected chi connectivity index (χ4v) is 4.50. The van der Waals surface area contributed by atoms with Gasteiger partial charge in [-0.15, -0.1) is 0 Å². The molecule has 0 saturated carbocycles. The molecule has 3 rings (SSSR count). The van der Waals surface area contributed by atoms with E-state index in [-0.39, 0.29) is 17.3 Å². The van der Waals surface area contributed by atoms with E-state index >= 15 is 0 Å². The Hall–Kier alpha value is -3.06. The monoisotopic (exact) mass is 415 g/mol. The van der Waals surface area contributed by atoms with Crippen LogP contribution >= 0.6 is 0 Å². The van der Waals surface area contributed by atoms with Crippen LogP contribution in [0.3, 0.4) is 0 Å². The molecule has 0 N–H and O–H groups in total. The maximum absolute atomic E-state index is 13.5. The summed E-state index contributed by atoms with van der Waals surface area (Å²) in [5.74, 6) is 0.521. The Labute approximate surface area is 170 Å². The van der Waals surface area contributed by atoms with Gasteiger partial charge in [0.1, 0.15) is 5.82 Å². The van der Waals surface area contributed by atoms with Crippen molar-refractivity contribution >= 4 is 15.7 Å².